The second-order valence-corrected chi connectivity index (χ2v) is 12.5. The van der Waals surface area contributed by atoms with E-state index in [2.05, 4.69) is 32.5 Å². The third kappa shape index (κ3) is 8.19. The number of morpholine rings is 1. The fraction of sp³-hybridized carbons (Fsp3) is 0.297. The molecule has 1 saturated carbocycles. The molecule has 2 aliphatic rings. The van der Waals surface area contributed by atoms with Crippen molar-refractivity contribution in [3.8, 4) is 0 Å². The zero-order valence-corrected chi connectivity index (χ0v) is 27.1. The number of hydrogen-bond donors (Lipinski definition) is 4. The summed E-state index contributed by atoms with van der Waals surface area (Å²) >= 11 is 0. The number of ether oxygens (including phenoxy) is 2. The number of aromatic nitrogens is 2. The number of nitrogens with two attached hydrogens (primary N) is 1. The molecule has 260 valence electrons. The van der Waals surface area contributed by atoms with Gasteiger partial charge in [0.2, 0.25) is 5.91 Å². The van der Waals surface area contributed by atoms with Crippen molar-refractivity contribution in [2.75, 3.05) is 25.1 Å². The standard InChI is InChI=1S/C37H37F3N6O4/c1-22(31-19-44-27(20-49-31)21-50-36(48)46-37(13-14-37)32-4-2-3-15-43-32)16-28-29(40)17-42-18-30(28)45-35(47)34(41)33(23-5-9-25(38)10-6-23)24-7-11-26(39)12-8-24/h2-12,15,17-18,27,31,33-34,44H,1,13-14,16,19-21,41H2,(H,45,47)(H,46,48). The number of amides is 2. The fourth-order valence-electron chi connectivity index (χ4n) is 6.02. The lowest BCUT2D eigenvalue weighted by Gasteiger charge is -2.31. The number of rotatable bonds is 12. The first kappa shape index (κ1) is 34.7. The first-order chi connectivity index (χ1) is 24.1. The lowest BCUT2D eigenvalue weighted by molar-refractivity contribution is -0.117. The van der Waals surface area contributed by atoms with Gasteiger partial charge >= 0.3 is 6.09 Å². The molecule has 2 fully saturated rings. The Morgan fingerprint density at radius 3 is 2.28 bits per heavy atom. The molecule has 2 aromatic heterocycles. The molecule has 0 radical (unpaired) electrons. The molecule has 5 N–H and O–H groups in total. The number of nitrogens with one attached hydrogen (secondary N) is 3. The highest BCUT2D eigenvalue weighted by atomic mass is 19.1. The fourth-order valence-corrected chi connectivity index (χ4v) is 6.02. The Morgan fingerprint density at radius 1 is 1.02 bits per heavy atom. The van der Waals surface area contributed by atoms with Crippen molar-refractivity contribution in [3.63, 3.8) is 0 Å². The number of alkyl carbamates (subject to hydrolysis) is 1. The van der Waals surface area contributed by atoms with Gasteiger partial charge in [-0.1, -0.05) is 36.9 Å². The Labute approximate surface area is 287 Å². The molecule has 2 amide bonds. The van der Waals surface area contributed by atoms with E-state index in [1.165, 1.54) is 54.7 Å². The molecule has 3 heterocycles. The third-order valence-corrected chi connectivity index (χ3v) is 8.99. The molecule has 4 aromatic rings. The van der Waals surface area contributed by atoms with Gasteiger partial charge in [-0.3, -0.25) is 14.8 Å². The Bertz CT molecular complexity index is 1770. The van der Waals surface area contributed by atoms with Crippen molar-refractivity contribution in [3.05, 3.63) is 137 Å². The van der Waals surface area contributed by atoms with Crippen molar-refractivity contribution >= 4 is 17.7 Å². The van der Waals surface area contributed by atoms with Gasteiger partial charge in [-0.2, -0.15) is 0 Å². The van der Waals surface area contributed by atoms with Gasteiger partial charge in [0.1, 0.15) is 24.1 Å². The molecule has 0 bridgehead atoms. The maximum absolute atomic E-state index is 15.2. The van der Waals surface area contributed by atoms with Crippen LogP contribution in [0.2, 0.25) is 0 Å². The molecule has 3 atom stereocenters. The maximum Gasteiger partial charge on any atom is 0.407 e. The minimum absolute atomic E-state index is 0.0179. The van der Waals surface area contributed by atoms with Gasteiger partial charge in [0.05, 0.1) is 54.1 Å². The minimum Gasteiger partial charge on any atom is -0.448 e. The van der Waals surface area contributed by atoms with E-state index in [0.29, 0.717) is 23.2 Å². The highest BCUT2D eigenvalue weighted by molar-refractivity contribution is 5.96. The Balaban J connectivity index is 1.04. The normalized spacial score (nSPS) is 18.6. The molecule has 0 spiro atoms. The van der Waals surface area contributed by atoms with Crippen LogP contribution in [0.5, 0.6) is 0 Å². The van der Waals surface area contributed by atoms with Crippen LogP contribution in [0.4, 0.5) is 23.7 Å². The summed E-state index contributed by atoms with van der Waals surface area (Å²) in [5.74, 6) is -3.01. The second-order valence-electron chi connectivity index (χ2n) is 12.5. The Kier molecular flexibility index (Phi) is 10.6. The van der Waals surface area contributed by atoms with Crippen LogP contribution in [0, 0.1) is 17.5 Å². The zero-order chi connectivity index (χ0) is 35.3. The van der Waals surface area contributed by atoms with Gasteiger partial charge in [-0.25, -0.2) is 18.0 Å². The van der Waals surface area contributed by atoms with Crippen molar-refractivity contribution in [2.24, 2.45) is 5.73 Å². The van der Waals surface area contributed by atoms with Crippen molar-refractivity contribution in [1.82, 2.24) is 20.6 Å². The van der Waals surface area contributed by atoms with Crippen molar-refractivity contribution in [1.29, 1.82) is 0 Å². The van der Waals surface area contributed by atoms with Crippen LogP contribution in [0.15, 0.2) is 97.5 Å². The van der Waals surface area contributed by atoms with Gasteiger partial charge in [0.25, 0.3) is 0 Å². The maximum atomic E-state index is 15.2. The first-order valence-electron chi connectivity index (χ1n) is 16.2. The Morgan fingerprint density at radius 2 is 1.70 bits per heavy atom. The summed E-state index contributed by atoms with van der Waals surface area (Å²) in [5.41, 5.74) is 8.64. The number of hydrogen-bond acceptors (Lipinski definition) is 8. The van der Waals surface area contributed by atoms with E-state index in [0.717, 1.165) is 24.7 Å². The van der Waals surface area contributed by atoms with Gasteiger partial charge < -0.3 is 31.2 Å². The van der Waals surface area contributed by atoms with E-state index in [4.69, 9.17) is 15.2 Å². The summed E-state index contributed by atoms with van der Waals surface area (Å²) in [7, 11) is 0. The highest BCUT2D eigenvalue weighted by Gasteiger charge is 2.47. The number of carbonyl (C=O) groups excluding carboxylic acids is 2. The minimum atomic E-state index is -1.22. The van der Waals surface area contributed by atoms with E-state index in [-0.39, 0.29) is 36.9 Å². The number of nitrogens with zero attached hydrogens (tertiary/aromatic N) is 2. The molecule has 50 heavy (non-hydrogen) atoms. The van der Waals surface area contributed by atoms with E-state index >= 15 is 4.39 Å². The van der Waals surface area contributed by atoms with Crippen LogP contribution >= 0.6 is 0 Å². The summed E-state index contributed by atoms with van der Waals surface area (Å²) in [4.78, 5) is 34.3. The number of carbonyl (C=O) groups is 2. The molecule has 1 aliphatic carbocycles. The van der Waals surface area contributed by atoms with E-state index in [9.17, 15) is 18.4 Å². The largest absolute Gasteiger partial charge is 0.448 e. The number of halogens is 3. The number of pyridine rings is 2. The molecular formula is C37H37F3N6O4. The monoisotopic (exact) mass is 686 g/mol. The van der Waals surface area contributed by atoms with Gasteiger partial charge in [-0.15, -0.1) is 0 Å². The molecule has 6 rings (SSSR count). The number of anilines is 1. The van der Waals surface area contributed by atoms with Crippen molar-refractivity contribution in [2.45, 2.75) is 48.9 Å². The first-order valence-corrected chi connectivity index (χ1v) is 16.2. The quantitative estimate of drug-likeness (QED) is 0.155. The highest BCUT2D eigenvalue weighted by Crippen LogP contribution is 2.44. The molecule has 1 aliphatic heterocycles. The summed E-state index contributed by atoms with van der Waals surface area (Å²) in [5, 5.41) is 8.91. The lowest BCUT2D eigenvalue weighted by Crippen LogP contribution is -2.50. The van der Waals surface area contributed by atoms with Gasteiger partial charge in [-0.05, 0) is 65.9 Å². The molecule has 1 saturated heterocycles. The second kappa shape index (κ2) is 15.2. The van der Waals surface area contributed by atoms with E-state index in [1.54, 1.807) is 6.20 Å². The molecule has 2 aromatic carbocycles. The summed E-state index contributed by atoms with van der Waals surface area (Å²) < 4.78 is 54.1. The average Bonchev–Trinajstić information content (AvgIpc) is 3.91. The predicted octanol–water partition coefficient (Wildman–Crippen LogP) is 4.86. The third-order valence-electron chi connectivity index (χ3n) is 8.99. The van der Waals surface area contributed by atoms with Crippen LogP contribution in [-0.4, -0.2) is 59.9 Å². The average molecular weight is 687 g/mol. The van der Waals surface area contributed by atoms with Crippen LogP contribution in [0.25, 0.3) is 0 Å². The Hall–Kier alpha value is -5.11. The van der Waals surface area contributed by atoms with Crippen molar-refractivity contribution < 1.29 is 32.2 Å². The zero-order valence-electron chi connectivity index (χ0n) is 27.1. The number of benzene rings is 2. The van der Waals surface area contributed by atoms with Crippen LogP contribution in [-0.2, 0) is 26.2 Å². The van der Waals surface area contributed by atoms with Gasteiger partial charge in [0, 0.05) is 30.6 Å². The SMILES string of the molecule is C=C(Cc1c(F)cncc1NC(=O)C(N)C(c1ccc(F)cc1)c1ccc(F)cc1)C1CNC(COC(=O)NC2(c3ccccn3)CC2)CO1. The van der Waals surface area contributed by atoms with E-state index in [1.807, 2.05) is 18.2 Å². The lowest BCUT2D eigenvalue weighted by atomic mass is 9.85. The summed E-state index contributed by atoms with van der Waals surface area (Å²) in [6.07, 6.45) is 4.62. The topological polar surface area (TPSA) is 140 Å². The van der Waals surface area contributed by atoms with Crippen LogP contribution < -0.4 is 21.7 Å². The molecular weight excluding hydrogens is 649 g/mol. The predicted molar refractivity (Wildman–Crippen MR) is 179 cm³/mol. The molecule has 10 nitrogen and oxygen atoms in total. The summed E-state index contributed by atoms with van der Waals surface area (Å²) in [6, 6.07) is 15.1. The van der Waals surface area contributed by atoms with E-state index < -0.39 is 53.1 Å². The molecule has 13 heteroatoms. The summed E-state index contributed by atoms with van der Waals surface area (Å²) in [6.45, 7) is 4.75. The van der Waals surface area contributed by atoms with Crippen LogP contribution in [0.3, 0.4) is 0 Å². The van der Waals surface area contributed by atoms with Gasteiger partial charge in [0.15, 0.2) is 0 Å². The smallest absolute Gasteiger partial charge is 0.407 e. The molecule has 3 unspecified atom stereocenters. The van der Waals surface area contributed by atoms with Crippen LogP contribution in [0.1, 0.15) is 41.1 Å².